The largest absolute Gasteiger partial charge is 0.376 e. The number of rotatable bonds is 4. The molecule has 16 heavy (non-hydrogen) atoms. The minimum atomic E-state index is 0.0880. The molecule has 88 valence electrons. The maximum atomic E-state index is 5.50. The van der Waals surface area contributed by atoms with Gasteiger partial charge in [-0.2, -0.15) is 0 Å². The van der Waals surface area contributed by atoms with Gasteiger partial charge in [-0.25, -0.2) is 10.8 Å². The van der Waals surface area contributed by atoms with Crippen LogP contribution in [0.5, 0.6) is 0 Å². The number of ether oxygens (including phenoxy) is 2. The molecule has 1 fully saturated rings. The summed E-state index contributed by atoms with van der Waals surface area (Å²) < 4.78 is 10.8. The van der Waals surface area contributed by atoms with E-state index in [1.54, 1.807) is 6.07 Å². The van der Waals surface area contributed by atoms with Crippen molar-refractivity contribution < 1.29 is 9.47 Å². The van der Waals surface area contributed by atoms with Gasteiger partial charge in [0.2, 0.25) is 0 Å². The molecule has 0 radical (unpaired) electrons. The van der Waals surface area contributed by atoms with Crippen molar-refractivity contribution in [2.24, 2.45) is 5.84 Å². The fraction of sp³-hybridized carbons (Fsp3) is 0.500. The summed E-state index contributed by atoms with van der Waals surface area (Å²) >= 11 is 0. The average molecular weight is 224 g/mol. The van der Waals surface area contributed by atoms with Gasteiger partial charge < -0.3 is 20.2 Å². The van der Waals surface area contributed by atoms with Gasteiger partial charge >= 0.3 is 0 Å². The van der Waals surface area contributed by atoms with Gasteiger partial charge in [-0.1, -0.05) is 6.07 Å². The number of anilines is 2. The van der Waals surface area contributed by atoms with Gasteiger partial charge in [0, 0.05) is 6.54 Å². The van der Waals surface area contributed by atoms with Gasteiger partial charge in [0.25, 0.3) is 0 Å². The quantitative estimate of drug-likeness (QED) is 0.500. The molecule has 1 aromatic heterocycles. The second-order valence-electron chi connectivity index (χ2n) is 3.50. The maximum Gasteiger partial charge on any atom is 0.142 e. The number of nitrogens with one attached hydrogen (secondary N) is 2. The summed E-state index contributed by atoms with van der Waals surface area (Å²) in [5.74, 6) is 6.67. The molecule has 0 amide bonds. The summed E-state index contributed by atoms with van der Waals surface area (Å²) in [7, 11) is 0. The van der Waals surface area contributed by atoms with Crippen molar-refractivity contribution >= 4 is 11.6 Å². The van der Waals surface area contributed by atoms with Gasteiger partial charge in [-0.3, -0.25) is 0 Å². The van der Waals surface area contributed by atoms with Crippen LogP contribution in [-0.2, 0) is 9.47 Å². The number of nitrogens with zero attached hydrogens (tertiary/aromatic N) is 1. The summed E-state index contributed by atoms with van der Waals surface area (Å²) in [4.78, 5) is 4.23. The van der Waals surface area contributed by atoms with Crippen LogP contribution in [0.4, 0.5) is 11.6 Å². The van der Waals surface area contributed by atoms with Crippen molar-refractivity contribution in [3.8, 4) is 0 Å². The lowest BCUT2D eigenvalue weighted by Gasteiger charge is -2.23. The van der Waals surface area contributed by atoms with Gasteiger partial charge in [0.1, 0.15) is 11.6 Å². The topological polar surface area (TPSA) is 81.4 Å². The third kappa shape index (κ3) is 3.06. The minimum Gasteiger partial charge on any atom is -0.376 e. The molecule has 1 aliphatic heterocycles. The Morgan fingerprint density at radius 1 is 1.38 bits per heavy atom. The molecule has 2 rings (SSSR count). The smallest absolute Gasteiger partial charge is 0.142 e. The first-order valence-corrected chi connectivity index (χ1v) is 5.25. The highest BCUT2D eigenvalue weighted by atomic mass is 16.6. The van der Waals surface area contributed by atoms with E-state index in [-0.39, 0.29) is 6.10 Å². The van der Waals surface area contributed by atoms with Gasteiger partial charge in [0.05, 0.1) is 25.9 Å². The first kappa shape index (κ1) is 11.1. The first-order chi connectivity index (χ1) is 7.88. The standard InChI is InChI=1S/C10H16N4O2/c11-14-10-3-1-2-9(13-10)12-6-8-7-15-4-5-16-8/h1-3,8H,4-7,11H2,(H2,12,13,14). The highest BCUT2D eigenvalue weighted by Crippen LogP contribution is 2.09. The molecule has 0 saturated carbocycles. The molecule has 1 aliphatic rings. The van der Waals surface area contributed by atoms with E-state index >= 15 is 0 Å². The van der Waals surface area contributed by atoms with Crippen LogP contribution in [-0.4, -0.2) is 37.5 Å². The number of aromatic nitrogens is 1. The third-order valence-corrected chi connectivity index (χ3v) is 2.29. The lowest BCUT2D eigenvalue weighted by Crippen LogP contribution is -2.34. The number of hydrogen-bond acceptors (Lipinski definition) is 6. The van der Waals surface area contributed by atoms with Crippen LogP contribution in [0.2, 0.25) is 0 Å². The Bertz CT molecular complexity index is 328. The van der Waals surface area contributed by atoms with E-state index < -0.39 is 0 Å². The van der Waals surface area contributed by atoms with Crippen molar-refractivity contribution in [3.05, 3.63) is 18.2 Å². The lowest BCUT2D eigenvalue weighted by atomic mass is 10.3. The summed E-state index contributed by atoms with van der Waals surface area (Å²) in [6.07, 6.45) is 0.0880. The molecule has 0 bridgehead atoms. The Morgan fingerprint density at radius 2 is 2.25 bits per heavy atom. The fourth-order valence-corrected chi connectivity index (χ4v) is 1.49. The second-order valence-corrected chi connectivity index (χ2v) is 3.50. The number of pyridine rings is 1. The molecule has 6 nitrogen and oxygen atoms in total. The van der Waals surface area contributed by atoms with E-state index in [9.17, 15) is 0 Å². The van der Waals surface area contributed by atoms with E-state index in [1.807, 2.05) is 12.1 Å². The van der Waals surface area contributed by atoms with Crippen molar-refractivity contribution in [3.63, 3.8) is 0 Å². The summed E-state index contributed by atoms with van der Waals surface area (Å²) in [5, 5.41) is 3.18. The van der Waals surface area contributed by atoms with Gasteiger partial charge in [-0.15, -0.1) is 0 Å². The normalized spacial score (nSPS) is 20.4. The van der Waals surface area contributed by atoms with E-state index in [0.29, 0.717) is 32.2 Å². The van der Waals surface area contributed by atoms with Crippen LogP contribution in [0.25, 0.3) is 0 Å². The average Bonchev–Trinajstić information content (AvgIpc) is 2.38. The third-order valence-electron chi connectivity index (χ3n) is 2.29. The van der Waals surface area contributed by atoms with E-state index in [1.165, 1.54) is 0 Å². The van der Waals surface area contributed by atoms with Crippen molar-refractivity contribution in [2.45, 2.75) is 6.10 Å². The number of nitrogens with two attached hydrogens (primary N) is 1. The highest BCUT2D eigenvalue weighted by Gasteiger charge is 2.13. The molecule has 6 heteroatoms. The maximum absolute atomic E-state index is 5.50. The Kier molecular flexibility index (Phi) is 3.92. The predicted octanol–water partition coefficient (Wildman–Crippen LogP) is 0.194. The Labute approximate surface area is 94.1 Å². The molecular weight excluding hydrogens is 208 g/mol. The van der Waals surface area contributed by atoms with Gasteiger partial charge in [-0.05, 0) is 12.1 Å². The first-order valence-electron chi connectivity index (χ1n) is 5.25. The highest BCUT2D eigenvalue weighted by molar-refractivity contribution is 5.44. The van der Waals surface area contributed by atoms with Crippen molar-refractivity contribution in [1.82, 2.24) is 4.98 Å². The zero-order valence-electron chi connectivity index (χ0n) is 8.98. The number of hydrogen-bond donors (Lipinski definition) is 3. The lowest BCUT2D eigenvalue weighted by molar-refractivity contribution is -0.0819. The zero-order chi connectivity index (χ0) is 11.2. The molecule has 4 N–H and O–H groups in total. The SMILES string of the molecule is NNc1cccc(NCC2COCCO2)n1. The summed E-state index contributed by atoms with van der Waals surface area (Å²) in [6, 6.07) is 5.55. The van der Waals surface area contributed by atoms with E-state index in [2.05, 4.69) is 15.7 Å². The fourth-order valence-electron chi connectivity index (χ4n) is 1.49. The van der Waals surface area contributed by atoms with Crippen LogP contribution >= 0.6 is 0 Å². The summed E-state index contributed by atoms with van der Waals surface area (Å²) in [6.45, 7) is 2.65. The van der Waals surface area contributed by atoms with Gasteiger partial charge in [0.15, 0.2) is 0 Å². The molecule has 1 unspecified atom stereocenters. The predicted molar refractivity (Wildman–Crippen MR) is 61.1 cm³/mol. The number of nitrogen functional groups attached to an aromatic ring is 1. The monoisotopic (exact) mass is 224 g/mol. The Balaban J connectivity index is 1.83. The van der Waals surface area contributed by atoms with Crippen LogP contribution in [0.1, 0.15) is 0 Å². The molecule has 0 spiro atoms. The minimum absolute atomic E-state index is 0.0880. The molecule has 0 aliphatic carbocycles. The Morgan fingerprint density at radius 3 is 3.00 bits per heavy atom. The van der Waals surface area contributed by atoms with Crippen LogP contribution < -0.4 is 16.6 Å². The number of hydrazine groups is 1. The molecule has 1 atom stereocenters. The molecule has 1 saturated heterocycles. The zero-order valence-corrected chi connectivity index (χ0v) is 8.98. The molecule has 1 aromatic rings. The van der Waals surface area contributed by atoms with Crippen molar-refractivity contribution in [1.29, 1.82) is 0 Å². The second kappa shape index (κ2) is 5.64. The molecule has 2 heterocycles. The van der Waals surface area contributed by atoms with Crippen molar-refractivity contribution in [2.75, 3.05) is 37.1 Å². The van der Waals surface area contributed by atoms with Crippen LogP contribution in [0.3, 0.4) is 0 Å². The van der Waals surface area contributed by atoms with E-state index in [0.717, 1.165) is 5.82 Å². The van der Waals surface area contributed by atoms with Crippen LogP contribution in [0.15, 0.2) is 18.2 Å². The molecule has 0 aromatic carbocycles. The van der Waals surface area contributed by atoms with E-state index in [4.69, 9.17) is 15.3 Å². The molecular formula is C10H16N4O2. The summed E-state index contributed by atoms with van der Waals surface area (Å²) in [5.41, 5.74) is 2.50. The Hall–Kier alpha value is -1.37. The van der Waals surface area contributed by atoms with Crippen LogP contribution in [0, 0.1) is 0 Å².